The Kier molecular flexibility index (Phi) is 2.51. The molecule has 1 aromatic heterocycles. The number of rotatable bonds is 2. The van der Waals surface area contributed by atoms with Crippen LogP contribution in [0.4, 0.5) is 14.6 Å². The first kappa shape index (κ1) is 11.1. The summed E-state index contributed by atoms with van der Waals surface area (Å²) < 4.78 is 31.7. The largest absolute Gasteiger partial charge is 0.478 e. The highest BCUT2D eigenvalue weighted by Crippen LogP contribution is 2.28. The van der Waals surface area contributed by atoms with E-state index in [0.29, 0.717) is 12.1 Å². The molecular formula is C10H6F2N2O3. The number of nitrogens with zero attached hydrogens (tertiary/aromatic N) is 1. The molecule has 7 heteroatoms. The molecule has 17 heavy (non-hydrogen) atoms. The lowest BCUT2D eigenvalue weighted by molar-refractivity contribution is 0.0695. The van der Waals surface area contributed by atoms with Crippen molar-refractivity contribution in [2.45, 2.75) is 0 Å². The van der Waals surface area contributed by atoms with E-state index in [4.69, 9.17) is 10.8 Å². The van der Waals surface area contributed by atoms with Crippen LogP contribution in [0.1, 0.15) is 10.4 Å². The van der Waals surface area contributed by atoms with Crippen LogP contribution >= 0.6 is 0 Å². The second-order valence-electron chi connectivity index (χ2n) is 3.24. The van der Waals surface area contributed by atoms with Crippen LogP contribution in [0.5, 0.6) is 0 Å². The first-order valence-electron chi connectivity index (χ1n) is 4.44. The van der Waals surface area contributed by atoms with Gasteiger partial charge in [-0.25, -0.2) is 13.6 Å². The normalized spacial score (nSPS) is 10.5. The number of hydrogen-bond donors (Lipinski definition) is 2. The van der Waals surface area contributed by atoms with Crippen molar-refractivity contribution in [1.82, 2.24) is 5.16 Å². The fraction of sp³-hybridized carbons (Fsp3) is 0. The maximum atomic E-state index is 13.5. The number of aromatic nitrogens is 1. The molecule has 2 rings (SSSR count). The molecule has 5 nitrogen and oxygen atoms in total. The van der Waals surface area contributed by atoms with Gasteiger partial charge in [0.2, 0.25) is 0 Å². The lowest BCUT2D eigenvalue weighted by Crippen LogP contribution is -2.00. The number of halogens is 2. The molecule has 1 aromatic carbocycles. The number of nitrogens with two attached hydrogens (primary N) is 1. The quantitative estimate of drug-likeness (QED) is 0.836. The number of carbonyl (C=O) groups is 1. The van der Waals surface area contributed by atoms with Crippen LogP contribution in [-0.2, 0) is 0 Å². The summed E-state index contributed by atoms with van der Waals surface area (Å²) >= 11 is 0. The van der Waals surface area contributed by atoms with Crippen molar-refractivity contribution in [1.29, 1.82) is 0 Å². The highest BCUT2D eigenvalue weighted by molar-refractivity contribution is 5.88. The lowest BCUT2D eigenvalue weighted by Gasteiger charge is -2.02. The van der Waals surface area contributed by atoms with Crippen LogP contribution in [0, 0.1) is 11.6 Å². The molecular weight excluding hydrogens is 234 g/mol. The molecule has 3 N–H and O–H groups in total. The van der Waals surface area contributed by atoms with Gasteiger partial charge in [0.1, 0.15) is 11.6 Å². The summed E-state index contributed by atoms with van der Waals surface area (Å²) in [4.78, 5) is 10.6. The van der Waals surface area contributed by atoms with E-state index >= 15 is 0 Å². The zero-order valence-corrected chi connectivity index (χ0v) is 8.28. The molecule has 0 spiro atoms. The monoisotopic (exact) mass is 240 g/mol. The summed E-state index contributed by atoms with van der Waals surface area (Å²) in [5.41, 5.74) is 4.26. The fourth-order valence-corrected chi connectivity index (χ4v) is 1.34. The third-order valence-electron chi connectivity index (χ3n) is 2.06. The van der Waals surface area contributed by atoms with Gasteiger partial charge in [-0.05, 0) is 12.1 Å². The Labute approximate surface area is 93.4 Å². The van der Waals surface area contributed by atoms with Crippen LogP contribution in [0.2, 0.25) is 0 Å². The minimum Gasteiger partial charge on any atom is -0.478 e. The number of carboxylic acids is 1. The Morgan fingerprint density at radius 3 is 2.29 bits per heavy atom. The molecule has 0 unspecified atom stereocenters. The van der Waals surface area contributed by atoms with Gasteiger partial charge < -0.3 is 15.4 Å². The highest BCUT2D eigenvalue weighted by atomic mass is 19.1. The van der Waals surface area contributed by atoms with Crippen LogP contribution in [0.3, 0.4) is 0 Å². The average molecular weight is 240 g/mol. The minimum atomic E-state index is -1.42. The zero-order chi connectivity index (χ0) is 12.6. The minimum absolute atomic E-state index is 0.0267. The van der Waals surface area contributed by atoms with Gasteiger partial charge in [-0.2, -0.15) is 0 Å². The molecule has 0 saturated carbocycles. The van der Waals surface area contributed by atoms with Crippen molar-refractivity contribution in [3.63, 3.8) is 0 Å². The Morgan fingerprint density at radius 1 is 1.29 bits per heavy atom. The van der Waals surface area contributed by atoms with E-state index in [1.807, 2.05) is 0 Å². The highest BCUT2D eigenvalue weighted by Gasteiger charge is 2.19. The number of aromatic carboxylic acids is 1. The topological polar surface area (TPSA) is 89.4 Å². The predicted octanol–water partition coefficient (Wildman–Crippen LogP) is 1.90. The van der Waals surface area contributed by atoms with Crippen LogP contribution in [0.15, 0.2) is 22.7 Å². The molecule has 0 aliphatic rings. The van der Waals surface area contributed by atoms with Crippen LogP contribution < -0.4 is 5.73 Å². The number of anilines is 1. The van der Waals surface area contributed by atoms with E-state index in [1.54, 1.807) is 0 Å². The van der Waals surface area contributed by atoms with E-state index in [0.717, 1.165) is 6.07 Å². The second kappa shape index (κ2) is 3.85. The van der Waals surface area contributed by atoms with E-state index in [9.17, 15) is 13.6 Å². The average Bonchev–Trinajstić information content (AvgIpc) is 2.63. The van der Waals surface area contributed by atoms with Crippen molar-refractivity contribution in [2.24, 2.45) is 0 Å². The third kappa shape index (κ3) is 1.94. The standard InChI is InChI=1S/C10H6F2N2O3/c11-5-1-4(10(15)16)2-6(12)9(5)7-3-8(13)14-17-7/h1-3H,(H2,13,14)(H,15,16). The number of hydrogen-bond acceptors (Lipinski definition) is 4. The van der Waals surface area contributed by atoms with Gasteiger partial charge >= 0.3 is 5.97 Å². The summed E-state index contributed by atoms with van der Waals surface area (Å²) in [5.74, 6) is -3.76. The van der Waals surface area contributed by atoms with E-state index in [2.05, 4.69) is 9.68 Å². The van der Waals surface area contributed by atoms with Gasteiger partial charge in [0.25, 0.3) is 0 Å². The fourth-order valence-electron chi connectivity index (χ4n) is 1.34. The molecule has 0 fully saturated rings. The number of benzene rings is 1. The first-order valence-corrected chi connectivity index (χ1v) is 4.44. The van der Waals surface area contributed by atoms with Crippen LogP contribution in [0.25, 0.3) is 11.3 Å². The van der Waals surface area contributed by atoms with Crippen molar-refractivity contribution < 1.29 is 23.2 Å². The van der Waals surface area contributed by atoms with Gasteiger partial charge in [-0.15, -0.1) is 0 Å². The van der Waals surface area contributed by atoms with E-state index in [-0.39, 0.29) is 11.6 Å². The molecule has 2 aromatic rings. The zero-order valence-electron chi connectivity index (χ0n) is 8.28. The molecule has 0 amide bonds. The van der Waals surface area contributed by atoms with Gasteiger partial charge in [-0.1, -0.05) is 5.16 Å². The SMILES string of the molecule is Nc1cc(-c2c(F)cc(C(=O)O)cc2F)on1. The van der Waals surface area contributed by atoms with Gasteiger partial charge in [0.15, 0.2) is 11.6 Å². The first-order chi connectivity index (χ1) is 7.99. The molecule has 0 saturated heterocycles. The Balaban J connectivity index is 2.60. The van der Waals surface area contributed by atoms with Crippen molar-refractivity contribution in [3.05, 3.63) is 35.4 Å². The van der Waals surface area contributed by atoms with Crippen molar-refractivity contribution >= 4 is 11.8 Å². The second-order valence-corrected chi connectivity index (χ2v) is 3.24. The van der Waals surface area contributed by atoms with E-state index < -0.39 is 28.7 Å². The Hall–Kier alpha value is -2.44. The molecule has 0 radical (unpaired) electrons. The molecule has 1 heterocycles. The smallest absolute Gasteiger partial charge is 0.335 e. The molecule has 0 atom stereocenters. The summed E-state index contributed by atoms with van der Waals surface area (Å²) in [6.45, 7) is 0. The van der Waals surface area contributed by atoms with Crippen molar-refractivity contribution in [3.8, 4) is 11.3 Å². The Morgan fingerprint density at radius 2 is 1.88 bits per heavy atom. The predicted molar refractivity (Wildman–Crippen MR) is 53.2 cm³/mol. The maximum Gasteiger partial charge on any atom is 0.335 e. The summed E-state index contributed by atoms with van der Waals surface area (Å²) in [7, 11) is 0. The molecule has 0 aliphatic carbocycles. The maximum absolute atomic E-state index is 13.5. The Bertz CT molecular complexity index is 572. The number of nitrogen functional groups attached to an aromatic ring is 1. The molecule has 88 valence electrons. The summed E-state index contributed by atoms with van der Waals surface area (Å²) in [5, 5.41) is 11.9. The molecule has 0 bridgehead atoms. The lowest BCUT2D eigenvalue weighted by atomic mass is 10.1. The summed E-state index contributed by atoms with van der Waals surface area (Å²) in [6.07, 6.45) is 0. The van der Waals surface area contributed by atoms with Gasteiger partial charge in [0, 0.05) is 6.07 Å². The van der Waals surface area contributed by atoms with Crippen LogP contribution in [-0.4, -0.2) is 16.2 Å². The number of carboxylic acid groups (broad SMARTS) is 1. The van der Waals surface area contributed by atoms with Gasteiger partial charge in [-0.3, -0.25) is 0 Å². The summed E-state index contributed by atoms with van der Waals surface area (Å²) in [6, 6.07) is 2.53. The van der Waals surface area contributed by atoms with Gasteiger partial charge in [0.05, 0.1) is 11.1 Å². The third-order valence-corrected chi connectivity index (χ3v) is 2.06. The molecule has 0 aliphatic heterocycles. The van der Waals surface area contributed by atoms with E-state index in [1.165, 1.54) is 0 Å². The van der Waals surface area contributed by atoms with Crippen molar-refractivity contribution in [2.75, 3.05) is 5.73 Å².